The van der Waals surface area contributed by atoms with E-state index in [4.69, 9.17) is 10.5 Å². The second-order valence-corrected chi connectivity index (χ2v) is 3.98. The average Bonchev–Trinajstić information content (AvgIpc) is 2.11. The quantitative estimate of drug-likeness (QED) is 0.874. The fourth-order valence-electron chi connectivity index (χ4n) is 1.59. The van der Waals surface area contributed by atoms with Crippen LogP contribution in [0.25, 0.3) is 0 Å². The van der Waals surface area contributed by atoms with E-state index in [2.05, 4.69) is 0 Å². The van der Waals surface area contributed by atoms with Crippen LogP contribution in [0.2, 0.25) is 0 Å². The standard InChI is InChI=1S/C11H13F2NO.ClH/c1-6-10(12)4-9(5-11(6)13)15-8-2-7(14)3-8;/h4-5,7-8H,2-3,14H2,1H3;1H. The Bertz CT molecular complexity index is 357. The Balaban J connectivity index is 0.00000128. The van der Waals surface area contributed by atoms with Gasteiger partial charge in [-0.1, -0.05) is 0 Å². The van der Waals surface area contributed by atoms with Gasteiger partial charge in [0.1, 0.15) is 23.5 Å². The molecule has 0 spiro atoms. The minimum Gasteiger partial charge on any atom is -0.490 e. The van der Waals surface area contributed by atoms with Gasteiger partial charge >= 0.3 is 0 Å². The Hall–Kier alpha value is -0.870. The molecule has 1 fully saturated rings. The lowest BCUT2D eigenvalue weighted by Gasteiger charge is -2.32. The molecule has 0 atom stereocenters. The molecule has 5 heteroatoms. The van der Waals surface area contributed by atoms with Crippen LogP contribution in [0, 0.1) is 18.6 Å². The van der Waals surface area contributed by atoms with Gasteiger partial charge in [0.2, 0.25) is 0 Å². The summed E-state index contributed by atoms with van der Waals surface area (Å²) in [6.07, 6.45) is 1.50. The Morgan fingerprint density at radius 1 is 1.25 bits per heavy atom. The van der Waals surface area contributed by atoms with Crippen LogP contribution >= 0.6 is 12.4 Å². The molecule has 2 N–H and O–H groups in total. The maximum absolute atomic E-state index is 13.1. The second kappa shape index (κ2) is 4.97. The number of ether oxygens (including phenoxy) is 1. The van der Waals surface area contributed by atoms with E-state index in [-0.39, 0.29) is 35.9 Å². The molecule has 90 valence electrons. The van der Waals surface area contributed by atoms with Crippen LogP contribution in [0.4, 0.5) is 8.78 Å². The fourth-order valence-corrected chi connectivity index (χ4v) is 1.59. The zero-order chi connectivity index (χ0) is 11.0. The predicted octanol–water partition coefficient (Wildman–Crippen LogP) is 2.56. The maximum Gasteiger partial charge on any atom is 0.132 e. The molecule has 16 heavy (non-hydrogen) atoms. The highest BCUT2D eigenvalue weighted by Crippen LogP contribution is 2.26. The van der Waals surface area contributed by atoms with Crippen molar-refractivity contribution in [1.29, 1.82) is 0 Å². The third kappa shape index (κ3) is 2.62. The fraction of sp³-hybridized carbons (Fsp3) is 0.455. The molecule has 0 bridgehead atoms. The van der Waals surface area contributed by atoms with Gasteiger partial charge in [-0.25, -0.2) is 8.78 Å². The Labute approximate surface area is 99.2 Å². The number of hydrogen-bond donors (Lipinski definition) is 1. The van der Waals surface area contributed by atoms with E-state index in [0.29, 0.717) is 0 Å². The summed E-state index contributed by atoms with van der Waals surface area (Å²) < 4.78 is 31.7. The normalized spacial score (nSPS) is 23.2. The molecule has 1 aliphatic carbocycles. The first-order valence-corrected chi connectivity index (χ1v) is 4.94. The Kier molecular flexibility index (Phi) is 4.10. The highest BCUT2D eigenvalue weighted by Gasteiger charge is 2.27. The Morgan fingerprint density at radius 2 is 1.75 bits per heavy atom. The molecule has 0 heterocycles. The van der Waals surface area contributed by atoms with Gasteiger partial charge < -0.3 is 10.5 Å². The van der Waals surface area contributed by atoms with Gasteiger partial charge in [-0.3, -0.25) is 0 Å². The summed E-state index contributed by atoms with van der Waals surface area (Å²) in [5.41, 5.74) is 5.60. The number of nitrogens with two attached hydrogens (primary N) is 1. The average molecular weight is 250 g/mol. The van der Waals surface area contributed by atoms with Gasteiger partial charge in [0.25, 0.3) is 0 Å². The smallest absolute Gasteiger partial charge is 0.132 e. The van der Waals surface area contributed by atoms with Gasteiger partial charge in [0.15, 0.2) is 0 Å². The largest absolute Gasteiger partial charge is 0.490 e. The van der Waals surface area contributed by atoms with Crippen molar-refractivity contribution in [3.63, 3.8) is 0 Å². The summed E-state index contributed by atoms with van der Waals surface area (Å²) in [5.74, 6) is -0.908. The van der Waals surface area contributed by atoms with Gasteiger partial charge in [-0.15, -0.1) is 12.4 Å². The molecule has 0 unspecified atom stereocenters. The van der Waals surface area contributed by atoms with Crippen LogP contribution in [-0.4, -0.2) is 12.1 Å². The summed E-state index contributed by atoms with van der Waals surface area (Å²) in [4.78, 5) is 0. The molecular formula is C11H14ClF2NO. The molecule has 1 aliphatic rings. The van der Waals surface area contributed by atoms with E-state index in [1.165, 1.54) is 19.1 Å². The van der Waals surface area contributed by atoms with Gasteiger partial charge in [-0.05, 0) is 19.8 Å². The van der Waals surface area contributed by atoms with Crippen LogP contribution in [0.1, 0.15) is 18.4 Å². The SMILES string of the molecule is Cc1c(F)cc(OC2CC(N)C2)cc1F.Cl. The van der Waals surface area contributed by atoms with Crippen molar-refractivity contribution in [2.24, 2.45) is 5.73 Å². The first-order valence-electron chi connectivity index (χ1n) is 4.94. The van der Waals surface area contributed by atoms with E-state index in [1.54, 1.807) is 0 Å². The third-order valence-corrected chi connectivity index (χ3v) is 2.69. The summed E-state index contributed by atoms with van der Waals surface area (Å²) in [6, 6.07) is 2.58. The van der Waals surface area contributed by atoms with Gasteiger partial charge in [0.05, 0.1) is 0 Å². The third-order valence-electron chi connectivity index (χ3n) is 2.69. The zero-order valence-corrected chi connectivity index (χ0v) is 9.69. The molecule has 0 amide bonds. The van der Waals surface area contributed by atoms with E-state index >= 15 is 0 Å². The molecular weight excluding hydrogens is 236 g/mol. The second-order valence-electron chi connectivity index (χ2n) is 3.98. The minimum absolute atomic E-state index is 0. The predicted molar refractivity (Wildman–Crippen MR) is 60.0 cm³/mol. The molecule has 0 saturated heterocycles. The van der Waals surface area contributed by atoms with E-state index in [9.17, 15) is 8.78 Å². The van der Waals surface area contributed by atoms with Crippen LogP contribution in [0.5, 0.6) is 5.75 Å². The lowest BCUT2D eigenvalue weighted by Crippen LogP contribution is -2.43. The van der Waals surface area contributed by atoms with Crippen molar-refractivity contribution in [1.82, 2.24) is 0 Å². The first-order chi connectivity index (χ1) is 7.06. The molecule has 0 radical (unpaired) electrons. The van der Waals surface area contributed by atoms with Crippen molar-refractivity contribution in [3.05, 3.63) is 29.3 Å². The Morgan fingerprint density at radius 3 is 2.19 bits per heavy atom. The van der Waals surface area contributed by atoms with E-state index in [0.717, 1.165) is 12.8 Å². The summed E-state index contributed by atoms with van der Waals surface area (Å²) >= 11 is 0. The van der Waals surface area contributed by atoms with Crippen molar-refractivity contribution in [2.75, 3.05) is 0 Å². The first kappa shape index (κ1) is 13.2. The summed E-state index contributed by atoms with van der Waals surface area (Å²) in [5, 5.41) is 0. The van der Waals surface area contributed by atoms with E-state index < -0.39 is 11.6 Å². The summed E-state index contributed by atoms with van der Waals surface area (Å²) in [7, 11) is 0. The molecule has 1 aromatic carbocycles. The molecule has 2 rings (SSSR count). The monoisotopic (exact) mass is 249 g/mol. The number of halogens is 3. The molecule has 0 aliphatic heterocycles. The van der Waals surface area contributed by atoms with E-state index in [1.807, 2.05) is 0 Å². The van der Waals surface area contributed by atoms with Crippen molar-refractivity contribution < 1.29 is 13.5 Å². The lowest BCUT2D eigenvalue weighted by atomic mass is 9.90. The maximum atomic E-state index is 13.1. The van der Waals surface area contributed by atoms with Crippen LogP contribution in [-0.2, 0) is 0 Å². The number of rotatable bonds is 2. The van der Waals surface area contributed by atoms with Crippen LogP contribution in [0.15, 0.2) is 12.1 Å². The summed E-state index contributed by atoms with van der Waals surface area (Å²) in [6.45, 7) is 1.40. The van der Waals surface area contributed by atoms with Crippen molar-refractivity contribution in [3.8, 4) is 5.75 Å². The lowest BCUT2D eigenvalue weighted by molar-refractivity contribution is 0.100. The number of hydrogen-bond acceptors (Lipinski definition) is 2. The number of benzene rings is 1. The van der Waals surface area contributed by atoms with Gasteiger partial charge in [0, 0.05) is 23.7 Å². The van der Waals surface area contributed by atoms with Gasteiger partial charge in [-0.2, -0.15) is 0 Å². The molecule has 2 nitrogen and oxygen atoms in total. The minimum atomic E-state index is -0.575. The van der Waals surface area contributed by atoms with Crippen molar-refractivity contribution >= 4 is 12.4 Å². The van der Waals surface area contributed by atoms with Crippen LogP contribution < -0.4 is 10.5 Å². The molecule has 1 aromatic rings. The highest BCUT2D eigenvalue weighted by molar-refractivity contribution is 5.85. The van der Waals surface area contributed by atoms with Crippen LogP contribution in [0.3, 0.4) is 0 Å². The zero-order valence-electron chi connectivity index (χ0n) is 8.87. The molecule has 1 saturated carbocycles. The molecule has 0 aromatic heterocycles. The highest BCUT2D eigenvalue weighted by atomic mass is 35.5. The van der Waals surface area contributed by atoms with Crippen molar-refractivity contribution in [2.45, 2.75) is 31.9 Å². The topological polar surface area (TPSA) is 35.2 Å².